The zero-order valence-electron chi connectivity index (χ0n) is 18.2. The first-order valence-corrected chi connectivity index (χ1v) is 10.4. The Kier molecular flexibility index (Phi) is 6.60. The van der Waals surface area contributed by atoms with Gasteiger partial charge in [0.15, 0.2) is 5.92 Å². The molecule has 3 rings (SSSR count). The number of carbonyl (C=O) groups is 2. The van der Waals surface area contributed by atoms with Gasteiger partial charge < -0.3 is 14.5 Å². The van der Waals surface area contributed by atoms with Crippen LogP contribution in [-0.4, -0.2) is 30.1 Å². The van der Waals surface area contributed by atoms with Crippen molar-refractivity contribution in [2.75, 3.05) is 13.2 Å². The number of benzene rings is 2. The average molecular weight is 408 g/mol. The van der Waals surface area contributed by atoms with Crippen LogP contribution in [-0.2, 0) is 19.1 Å². The molecule has 0 spiro atoms. The van der Waals surface area contributed by atoms with E-state index < -0.39 is 23.8 Å². The molecular formula is C25H29NO4. The molecule has 1 atom stereocenters. The molecule has 0 saturated carbocycles. The number of rotatable bonds is 7. The first-order chi connectivity index (χ1) is 14.4. The summed E-state index contributed by atoms with van der Waals surface area (Å²) in [7, 11) is 0. The number of hydrogen-bond donors (Lipinski definition) is 1. The van der Waals surface area contributed by atoms with Crippen LogP contribution in [0, 0.1) is 26.7 Å². The van der Waals surface area contributed by atoms with Crippen molar-refractivity contribution in [1.29, 1.82) is 0 Å². The van der Waals surface area contributed by atoms with Gasteiger partial charge in [0.1, 0.15) is 0 Å². The topological polar surface area (TPSA) is 68.4 Å². The SMILES string of the molecule is CCOC(=O)C(C(=O)OCC)C(c1ccc(C)cc1)c1c(C)[nH]c2ccc(C)cc12. The van der Waals surface area contributed by atoms with E-state index in [4.69, 9.17) is 9.47 Å². The summed E-state index contributed by atoms with van der Waals surface area (Å²) >= 11 is 0. The van der Waals surface area contributed by atoms with Crippen LogP contribution in [0.1, 0.15) is 47.7 Å². The molecule has 0 saturated heterocycles. The second kappa shape index (κ2) is 9.16. The second-order valence-electron chi connectivity index (χ2n) is 7.58. The zero-order chi connectivity index (χ0) is 21.8. The van der Waals surface area contributed by atoms with Crippen LogP contribution in [0.5, 0.6) is 0 Å². The van der Waals surface area contributed by atoms with Crippen molar-refractivity contribution < 1.29 is 19.1 Å². The second-order valence-corrected chi connectivity index (χ2v) is 7.58. The third-order valence-electron chi connectivity index (χ3n) is 5.35. The Morgan fingerprint density at radius 1 is 0.867 bits per heavy atom. The van der Waals surface area contributed by atoms with Crippen LogP contribution in [0.4, 0.5) is 0 Å². The maximum Gasteiger partial charge on any atom is 0.321 e. The summed E-state index contributed by atoms with van der Waals surface area (Å²) in [5.74, 6) is -2.75. The highest BCUT2D eigenvalue weighted by Crippen LogP contribution is 2.40. The van der Waals surface area contributed by atoms with Crippen LogP contribution < -0.4 is 0 Å². The third-order valence-corrected chi connectivity index (χ3v) is 5.35. The summed E-state index contributed by atoms with van der Waals surface area (Å²) in [4.78, 5) is 29.4. The smallest absolute Gasteiger partial charge is 0.321 e. The van der Waals surface area contributed by atoms with Gasteiger partial charge in [0.25, 0.3) is 0 Å². The molecule has 0 aliphatic heterocycles. The van der Waals surface area contributed by atoms with Gasteiger partial charge >= 0.3 is 11.9 Å². The predicted octanol–water partition coefficient (Wildman–Crippen LogP) is 4.97. The van der Waals surface area contributed by atoms with Crippen molar-refractivity contribution >= 4 is 22.8 Å². The average Bonchev–Trinajstić information content (AvgIpc) is 3.02. The summed E-state index contributed by atoms with van der Waals surface area (Å²) in [5.41, 5.74) is 5.89. The molecule has 0 aliphatic carbocycles. The Morgan fingerprint density at radius 2 is 1.43 bits per heavy atom. The van der Waals surface area contributed by atoms with E-state index in [0.29, 0.717) is 0 Å². The molecule has 1 unspecified atom stereocenters. The standard InChI is InChI=1S/C25H29NO4/c1-6-29-24(27)23(25(28)30-7-2)22(18-11-8-15(3)9-12-18)21-17(5)26-20-13-10-16(4)14-19(20)21/h8-14,22-23,26H,6-7H2,1-5H3. The van der Waals surface area contributed by atoms with Gasteiger partial charge in [-0.05, 0) is 57.9 Å². The summed E-state index contributed by atoms with van der Waals surface area (Å²) in [6, 6.07) is 14.1. The quantitative estimate of drug-likeness (QED) is 0.444. The highest BCUT2D eigenvalue weighted by Gasteiger charge is 2.41. The maximum absolute atomic E-state index is 13.0. The minimum atomic E-state index is -1.09. The molecule has 1 heterocycles. The highest BCUT2D eigenvalue weighted by atomic mass is 16.6. The first kappa shape index (κ1) is 21.6. The van der Waals surface area contributed by atoms with Crippen LogP contribution in [0.3, 0.4) is 0 Å². The Labute approximate surface area is 177 Å². The fourth-order valence-electron chi connectivity index (χ4n) is 3.99. The van der Waals surface area contributed by atoms with Crippen molar-refractivity contribution in [3.8, 4) is 0 Å². The van der Waals surface area contributed by atoms with Crippen molar-refractivity contribution in [3.63, 3.8) is 0 Å². The van der Waals surface area contributed by atoms with Crippen molar-refractivity contribution in [2.24, 2.45) is 5.92 Å². The van der Waals surface area contributed by atoms with Crippen molar-refractivity contribution in [1.82, 2.24) is 4.98 Å². The fraction of sp³-hybridized carbons (Fsp3) is 0.360. The monoisotopic (exact) mass is 407 g/mol. The zero-order valence-corrected chi connectivity index (χ0v) is 18.2. The molecule has 30 heavy (non-hydrogen) atoms. The molecule has 5 nitrogen and oxygen atoms in total. The van der Waals surface area contributed by atoms with E-state index in [2.05, 4.69) is 11.1 Å². The Bertz CT molecular complexity index is 1030. The van der Waals surface area contributed by atoms with Crippen LogP contribution in [0.2, 0.25) is 0 Å². The van der Waals surface area contributed by atoms with E-state index in [9.17, 15) is 9.59 Å². The predicted molar refractivity (Wildman–Crippen MR) is 118 cm³/mol. The maximum atomic E-state index is 13.0. The number of hydrogen-bond acceptors (Lipinski definition) is 4. The third kappa shape index (κ3) is 4.25. The molecule has 0 bridgehead atoms. The van der Waals surface area contributed by atoms with Crippen molar-refractivity contribution in [3.05, 3.63) is 70.4 Å². The minimum absolute atomic E-state index is 0.196. The molecule has 158 valence electrons. The van der Waals surface area contributed by atoms with E-state index in [-0.39, 0.29) is 13.2 Å². The van der Waals surface area contributed by atoms with Crippen LogP contribution in [0.25, 0.3) is 10.9 Å². The van der Waals surface area contributed by atoms with E-state index >= 15 is 0 Å². The van der Waals surface area contributed by atoms with Gasteiger partial charge in [-0.3, -0.25) is 9.59 Å². The van der Waals surface area contributed by atoms with Gasteiger partial charge in [-0.1, -0.05) is 41.5 Å². The van der Waals surface area contributed by atoms with Gasteiger partial charge in [0, 0.05) is 22.5 Å². The number of ether oxygens (including phenoxy) is 2. The molecule has 0 aliphatic rings. The summed E-state index contributed by atoms with van der Waals surface area (Å²) in [6.45, 7) is 9.87. The minimum Gasteiger partial charge on any atom is -0.465 e. The number of nitrogens with one attached hydrogen (secondary N) is 1. The number of fused-ring (bicyclic) bond motifs is 1. The lowest BCUT2D eigenvalue weighted by molar-refractivity contribution is -0.162. The Morgan fingerprint density at radius 3 is 2.00 bits per heavy atom. The molecule has 3 aromatic rings. The molecule has 2 aromatic carbocycles. The number of aromatic nitrogens is 1. The highest BCUT2D eigenvalue weighted by molar-refractivity contribution is 5.98. The lowest BCUT2D eigenvalue weighted by atomic mass is 9.79. The number of H-pyrrole nitrogens is 1. The van der Waals surface area contributed by atoms with E-state index in [0.717, 1.165) is 38.9 Å². The van der Waals surface area contributed by atoms with Gasteiger partial charge in [-0.25, -0.2) is 0 Å². The molecule has 1 aromatic heterocycles. The van der Waals surface area contributed by atoms with E-state index in [1.54, 1.807) is 13.8 Å². The number of aryl methyl sites for hydroxylation is 3. The summed E-state index contributed by atoms with van der Waals surface area (Å²) < 4.78 is 10.6. The molecule has 0 amide bonds. The van der Waals surface area contributed by atoms with Gasteiger partial charge in [0.05, 0.1) is 13.2 Å². The van der Waals surface area contributed by atoms with Gasteiger partial charge in [0.2, 0.25) is 0 Å². The van der Waals surface area contributed by atoms with Crippen LogP contribution in [0.15, 0.2) is 42.5 Å². The van der Waals surface area contributed by atoms with Gasteiger partial charge in [-0.2, -0.15) is 0 Å². The van der Waals surface area contributed by atoms with E-state index in [1.807, 2.05) is 57.2 Å². The number of aromatic amines is 1. The summed E-state index contributed by atoms with van der Waals surface area (Å²) in [6.07, 6.45) is 0. The Balaban J connectivity index is 2.29. The fourth-order valence-corrected chi connectivity index (χ4v) is 3.99. The van der Waals surface area contributed by atoms with Crippen molar-refractivity contribution in [2.45, 2.75) is 40.5 Å². The van der Waals surface area contributed by atoms with Crippen LogP contribution >= 0.6 is 0 Å². The number of esters is 2. The molecule has 5 heteroatoms. The van der Waals surface area contributed by atoms with E-state index in [1.165, 1.54) is 0 Å². The largest absolute Gasteiger partial charge is 0.465 e. The molecular weight excluding hydrogens is 378 g/mol. The van der Waals surface area contributed by atoms with Gasteiger partial charge in [-0.15, -0.1) is 0 Å². The number of carbonyl (C=O) groups excluding carboxylic acids is 2. The normalized spacial score (nSPS) is 12.2. The lowest BCUT2D eigenvalue weighted by Gasteiger charge is -2.26. The molecule has 1 N–H and O–H groups in total. The first-order valence-electron chi connectivity index (χ1n) is 10.4. The molecule has 0 fully saturated rings. The lowest BCUT2D eigenvalue weighted by Crippen LogP contribution is -2.34. The Hall–Kier alpha value is -3.08. The molecule has 0 radical (unpaired) electrons. The summed E-state index contributed by atoms with van der Waals surface area (Å²) in [5, 5.41) is 0.997.